The SMILES string of the molecule is CC(C)c1ccc(-n2ccnc2SCc2cccnc2)cc1. The third-order valence-corrected chi connectivity index (χ3v) is 4.57. The lowest BCUT2D eigenvalue weighted by Crippen LogP contribution is -1.96. The Labute approximate surface area is 135 Å². The minimum absolute atomic E-state index is 0.552. The molecule has 0 amide bonds. The second-order valence-corrected chi connectivity index (χ2v) is 6.42. The van der Waals surface area contributed by atoms with Crippen LogP contribution in [0.5, 0.6) is 0 Å². The van der Waals surface area contributed by atoms with Crippen molar-refractivity contribution in [2.45, 2.75) is 30.7 Å². The summed E-state index contributed by atoms with van der Waals surface area (Å²) in [6.07, 6.45) is 7.56. The van der Waals surface area contributed by atoms with Gasteiger partial charge in [-0.05, 0) is 35.2 Å². The first-order chi connectivity index (χ1) is 10.7. The van der Waals surface area contributed by atoms with E-state index in [1.807, 2.05) is 24.7 Å². The third-order valence-electron chi connectivity index (χ3n) is 3.54. The zero-order valence-corrected chi connectivity index (χ0v) is 13.6. The monoisotopic (exact) mass is 309 g/mol. The molecule has 3 aromatic rings. The highest BCUT2D eigenvalue weighted by molar-refractivity contribution is 7.98. The molecule has 3 rings (SSSR count). The van der Waals surface area contributed by atoms with Gasteiger partial charge in [0, 0.05) is 36.2 Å². The molecule has 2 heterocycles. The Bertz CT molecular complexity index is 718. The van der Waals surface area contributed by atoms with Crippen LogP contribution in [0.3, 0.4) is 0 Å². The van der Waals surface area contributed by atoms with Crippen molar-refractivity contribution in [2.24, 2.45) is 0 Å². The first-order valence-corrected chi connectivity index (χ1v) is 8.38. The molecule has 0 aliphatic carbocycles. The Kier molecular flexibility index (Phi) is 4.59. The van der Waals surface area contributed by atoms with Crippen molar-refractivity contribution >= 4 is 11.8 Å². The molecule has 0 radical (unpaired) electrons. The average molecular weight is 309 g/mol. The van der Waals surface area contributed by atoms with Gasteiger partial charge in [0.1, 0.15) is 0 Å². The fourth-order valence-electron chi connectivity index (χ4n) is 2.24. The molecule has 0 atom stereocenters. The van der Waals surface area contributed by atoms with Crippen LogP contribution in [-0.4, -0.2) is 14.5 Å². The number of nitrogens with zero attached hydrogens (tertiary/aromatic N) is 3. The molecule has 0 saturated carbocycles. The van der Waals surface area contributed by atoms with E-state index < -0.39 is 0 Å². The first-order valence-electron chi connectivity index (χ1n) is 7.39. The maximum atomic E-state index is 4.47. The molecule has 0 aliphatic rings. The number of hydrogen-bond acceptors (Lipinski definition) is 3. The van der Waals surface area contributed by atoms with E-state index in [0.717, 1.165) is 16.6 Å². The molecule has 112 valence electrons. The van der Waals surface area contributed by atoms with Gasteiger partial charge in [0.05, 0.1) is 0 Å². The van der Waals surface area contributed by atoms with Crippen LogP contribution < -0.4 is 0 Å². The molecular formula is C18H19N3S. The van der Waals surface area contributed by atoms with Gasteiger partial charge >= 0.3 is 0 Å². The summed E-state index contributed by atoms with van der Waals surface area (Å²) in [5.74, 6) is 1.42. The van der Waals surface area contributed by atoms with Crippen molar-refractivity contribution < 1.29 is 0 Å². The van der Waals surface area contributed by atoms with Gasteiger partial charge in [-0.2, -0.15) is 0 Å². The smallest absolute Gasteiger partial charge is 0.172 e. The molecular weight excluding hydrogens is 290 g/mol. The van der Waals surface area contributed by atoms with Crippen LogP contribution in [0.4, 0.5) is 0 Å². The molecule has 0 aliphatic heterocycles. The molecule has 0 fully saturated rings. The van der Waals surface area contributed by atoms with Crippen LogP contribution in [0.1, 0.15) is 30.9 Å². The fourth-order valence-corrected chi connectivity index (χ4v) is 3.15. The van der Waals surface area contributed by atoms with Crippen molar-refractivity contribution in [1.82, 2.24) is 14.5 Å². The predicted molar refractivity (Wildman–Crippen MR) is 91.5 cm³/mol. The number of hydrogen-bond donors (Lipinski definition) is 0. The second kappa shape index (κ2) is 6.79. The van der Waals surface area contributed by atoms with E-state index in [1.165, 1.54) is 11.1 Å². The van der Waals surface area contributed by atoms with Gasteiger partial charge in [0.2, 0.25) is 0 Å². The van der Waals surface area contributed by atoms with Gasteiger partial charge in [0.25, 0.3) is 0 Å². The van der Waals surface area contributed by atoms with E-state index in [1.54, 1.807) is 18.0 Å². The van der Waals surface area contributed by atoms with Crippen LogP contribution in [0, 0.1) is 0 Å². The second-order valence-electron chi connectivity index (χ2n) is 5.48. The Morgan fingerprint density at radius 1 is 1.09 bits per heavy atom. The molecule has 0 unspecified atom stereocenters. The Hall–Kier alpha value is -2.07. The van der Waals surface area contributed by atoms with Crippen molar-refractivity contribution in [1.29, 1.82) is 0 Å². The zero-order valence-electron chi connectivity index (χ0n) is 12.8. The minimum Gasteiger partial charge on any atom is -0.295 e. The Balaban J connectivity index is 1.77. The van der Waals surface area contributed by atoms with Crippen LogP contribution in [-0.2, 0) is 5.75 Å². The van der Waals surface area contributed by atoms with Crippen LogP contribution in [0.2, 0.25) is 0 Å². The van der Waals surface area contributed by atoms with E-state index >= 15 is 0 Å². The van der Waals surface area contributed by atoms with Crippen molar-refractivity contribution in [3.63, 3.8) is 0 Å². The summed E-state index contributed by atoms with van der Waals surface area (Å²) >= 11 is 1.72. The Morgan fingerprint density at radius 2 is 1.91 bits per heavy atom. The molecule has 2 aromatic heterocycles. The van der Waals surface area contributed by atoms with Crippen LogP contribution in [0.15, 0.2) is 66.3 Å². The lowest BCUT2D eigenvalue weighted by atomic mass is 10.0. The highest BCUT2D eigenvalue weighted by Crippen LogP contribution is 2.24. The largest absolute Gasteiger partial charge is 0.295 e. The van der Waals surface area contributed by atoms with E-state index in [0.29, 0.717) is 5.92 Å². The summed E-state index contributed by atoms with van der Waals surface area (Å²) in [5.41, 5.74) is 3.71. The summed E-state index contributed by atoms with van der Waals surface area (Å²) in [4.78, 5) is 8.62. The lowest BCUT2D eigenvalue weighted by molar-refractivity contribution is 0.858. The normalized spacial score (nSPS) is 11.0. The summed E-state index contributed by atoms with van der Waals surface area (Å²) in [6, 6.07) is 12.7. The summed E-state index contributed by atoms with van der Waals surface area (Å²) in [7, 11) is 0. The topological polar surface area (TPSA) is 30.7 Å². The number of benzene rings is 1. The highest BCUT2D eigenvalue weighted by atomic mass is 32.2. The molecule has 0 bridgehead atoms. The number of thioether (sulfide) groups is 1. The molecule has 22 heavy (non-hydrogen) atoms. The standard InChI is InChI=1S/C18H19N3S/c1-14(2)16-5-7-17(8-6-16)21-11-10-20-18(21)22-13-15-4-3-9-19-12-15/h3-12,14H,13H2,1-2H3. The predicted octanol–water partition coefficient (Wildman–Crippen LogP) is 4.68. The van der Waals surface area contributed by atoms with E-state index in [2.05, 4.69) is 58.7 Å². The van der Waals surface area contributed by atoms with Gasteiger partial charge in [-0.3, -0.25) is 9.55 Å². The lowest BCUT2D eigenvalue weighted by Gasteiger charge is -2.10. The summed E-state index contributed by atoms with van der Waals surface area (Å²) in [5, 5.41) is 1.00. The molecule has 0 saturated heterocycles. The Morgan fingerprint density at radius 3 is 2.59 bits per heavy atom. The summed E-state index contributed by atoms with van der Waals surface area (Å²) in [6.45, 7) is 4.42. The average Bonchev–Trinajstić information content (AvgIpc) is 3.02. The fraction of sp³-hybridized carbons (Fsp3) is 0.222. The van der Waals surface area contributed by atoms with Crippen LogP contribution in [0.25, 0.3) is 5.69 Å². The number of rotatable bonds is 5. The van der Waals surface area contributed by atoms with Crippen molar-refractivity contribution in [3.8, 4) is 5.69 Å². The molecule has 1 aromatic carbocycles. The van der Waals surface area contributed by atoms with Crippen LogP contribution >= 0.6 is 11.8 Å². The molecule has 0 N–H and O–H groups in total. The summed E-state index contributed by atoms with van der Waals surface area (Å²) < 4.78 is 2.13. The van der Waals surface area contributed by atoms with E-state index in [9.17, 15) is 0 Å². The molecule has 0 spiro atoms. The molecule has 3 nitrogen and oxygen atoms in total. The highest BCUT2D eigenvalue weighted by Gasteiger charge is 2.07. The van der Waals surface area contributed by atoms with E-state index in [4.69, 9.17) is 0 Å². The maximum absolute atomic E-state index is 4.47. The number of aromatic nitrogens is 3. The minimum atomic E-state index is 0.552. The van der Waals surface area contributed by atoms with Gasteiger partial charge in [0.15, 0.2) is 5.16 Å². The molecule has 4 heteroatoms. The van der Waals surface area contributed by atoms with Crippen molar-refractivity contribution in [3.05, 3.63) is 72.3 Å². The number of imidazole rings is 1. The third kappa shape index (κ3) is 3.39. The van der Waals surface area contributed by atoms with Crippen molar-refractivity contribution in [2.75, 3.05) is 0 Å². The number of pyridine rings is 1. The maximum Gasteiger partial charge on any atom is 0.172 e. The van der Waals surface area contributed by atoms with Gasteiger partial charge in [-0.25, -0.2) is 4.98 Å². The first kappa shape index (κ1) is 14.9. The quantitative estimate of drug-likeness (QED) is 0.641. The van der Waals surface area contributed by atoms with Gasteiger partial charge in [-0.15, -0.1) is 0 Å². The van der Waals surface area contributed by atoms with Gasteiger partial charge in [-0.1, -0.05) is 43.8 Å². The van der Waals surface area contributed by atoms with E-state index in [-0.39, 0.29) is 0 Å². The van der Waals surface area contributed by atoms with Gasteiger partial charge < -0.3 is 0 Å². The zero-order chi connectivity index (χ0) is 15.4.